The number of aldehydes is 1. The normalized spacial score (nSPS) is 10.4. The molecule has 0 aliphatic rings. The second-order valence-corrected chi connectivity index (χ2v) is 6.55. The van der Waals surface area contributed by atoms with Crippen molar-refractivity contribution in [1.82, 2.24) is 0 Å². The van der Waals surface area contributed by atoms with Gasteiger partial charge in [-0.1, -0.05) is 45.2 Å². The Morgan fingerprint density at radius 1 is 1.10 bits per heavy atom. The van der Waals surface area contributed by atoms with Crippen molar-refractivity contribution in [3.05, 3.63) is 60.4 Å². The minimum atomic E-state index is 0.290. The smallest absolute Gasteiger partial charge is 0.153 e. The van der Waals surface area contributed by atoms with E-state index < -0.39 is 0 Å². The Morgan fingerprint density at radius 2 is 1.85 bits per heavy atom. The maximum Gasteiger partial charge on any atom is 0.153 e. The van der Waals surface area contributed by atoms with Gasteiger partial charge in [-0.05, 0) is 45.8 Å². The van der Waals surface area contributed by atoms with E-state index in [4.69, 9.17) is 27.9 Å². The van der Waals surface area contributed by atoms with Crippen molar-refractivity contribution in [3.8, 4) is 5.75 Å². The average Bonchev–Trinajstić information content (AvgIpc) is 2.40. The number of benzene rings is 2. The van der Waals surface area contributed by atoms with E-state index in [2.05, 4.69) is 31.9 Å². The van der Waals surface area contributed by atoms with E-state index in [-0.39, 0.29) is 6.61 Å². The maximum atomic E-state index is 11.1. The zero-order valence-corrected chi connectivity index (χ0v) is 14.7. The summed E-state index contributed by atoms with van der Waals surface area (Å²) in [6.45, 7) is 0.290. The van der Waals surface area contributed by atoms with E-state index in [0.717, 1.165) is 16.3 Å². The monoisotopic (exact) mass is 436 g/mol. The highest BCUT2D eigenvalue weighted by Crippen LogP contribution is 2.33. The molecule has 6 heteroatoms. The molecule has 0 bridgehead atoms. The Labute approximate surface area is 143 Å². The number of hydrogen-bond donors (Lipinski definition) is 0. The van der Waals surface area contributed by atoms with Gasteiger partial charge in [0.15, 0.2) is 6.29 Å². The van der Waals surface area contributed by atoms with Gasteiger partial charge in [-0.15, -0.1) is 0 Å². The van der Waals surface area contributed by atoms with Crippen LogP contribution in [0.5, 0.6) is 5.75 Å². The predicted octanol–water partition coefficient (Wildman–Crippen LogP) is 5.91. The lowest BCUT2D eigenvalue weighted by Crippen LogP contribution is -1.99. The van der Waals surface area contributed by atoms with Gasteiger partial charge >= 0.3 is 0 Å². The van der Waals surface area contributed by atoms with Crippen LogP contribution in [0.4, 0.5) is 0 Å². The molecule has 2 nitrogen and oxygen atoms in total. The third-order valence-electron chi connectivity index (χ3n) is 2.53. The zero-order valence-electron chi connectivity index (χ0n) is 10.00. The van der Waals surface area contributed by atoms with Gasteiger partial charge in [-0.25, -0.2) is 0 Å². The van der Waals surface area contributed by atoms with Crippen LogP contribution in [0.1, 0.15) is 15.9 Å². The van der Waals surface area contributed by atoms with E-state index in [1.54, 1.807) is 18.2 Å². The van der Waals surface area contributed by atoms with Crippen LogP contribution in [-0.2, 0) is 6.61 Å². The third kappa shape index (κ3) is 3.76. The molecule has 2 aromatic rings. The van der Waals surface area contributed by atoms with E-state index in [0.29, 0.717) is 25.8 Å². The van der Waals surface area contributed by atoms with Crippen molar-refractivity contribution >= 4 is 61.3 Å². The van der Waals surface area contributed by atoms with Gasteiger partial charge in [-0.3, -0.25) is 4.79 Å². The van der Waals surface area contributed by atoms with Gasteiger partial charge < -0.3 is 4.74 Å². The molecule has 0 fully saturated rings. The van der Waals surface area contributed by atoms with Crippen LogP contribution >= 0.6 is 55.1 Å². The first kappa shape index (κ1) is 15.8. The zero-order chi connectivity index (χ0) is 14.7. The van der Waals surface area contributed by atoms with Crippen LogP contribution in [0, 0.1) is 0 Å². The van der Waals surface area contributed by atoms with E-state index >= 15 is 0 Å². The molecule has 2 rings (SSSR count). The highest BCUT2D eigenvalue weighted by molar-refractivity contribution is 9.11. The van der Waals surface area contributed by atoms with Crippen LogP contribution in [0.3, 0.4) is 0 Å². The summed E-state index contributed by atoms with van der Waals surface area (Å²) in [4.78, 5) is 11.1. The summed E-state index contributed by atoms with van der Waals surface area (Å²) in [7, 11) is 0. The molecule has 0 heterocycles. The second kappa shape index (κ2) is 6.94. The fourth-order valence-corrected chi connectivity index (χ4v) is 3.30. The highest BCUT2D eigenvalue weighted by Gasteiger charge is 2.10. The minimum Gasteiger partial charge on any atom is -0.487 e. The largest absolute Gasteiger partial charge is 0.487 e. The molecule has 0 saturated carbocycles. The fraction of sp³-hybridized carbons (Fsp3) is 0.0714. The molecule has 0 atom stereocenters. The SMILES string of the molecule is O=Cc1cc(Br)cc(Br)c1OCc1ccc(Cl)c(Cl)c1. The topological polar surface area (TPSA) is 26.3 Å². The summed E-state index contributed by atoms with van der Waals surface area (Å²) < 4.78 is 7.20. The summed E-state index contributed by atoms with van der Waals surface area (Å²) in [5.41, 5.74) is 1.33. The number of carbonyl (C=O) groups excluding carboxylic acids is 1. The molecule has 0 N–H and O–H groups in total. The Morgan fingerprint density at radius 3 is 2.50 bits per heavy atom. The average molecular weight is 439 g/mol. The second-order valence-electron chi connectivity index (χ2n) is 3.96. The molecule has 104 valence electrons. The van der Waals surface area contributed by atoms with Gasteiger partial charge in [0.2, 0.25) is 0 Å². The van der Waals surface area contributed by atoms with Crippen molar-refractivity contribution in [3.63, 3.8) is 0 Å². The molecule has 0 aliphatic carbocycles. The fourth-order valence-electron chi connectivity index (χ4n) is 1.60. The first-order valence-corrected chi connectivity index (χ1v) is 7.86. The molecule has 0 aliphatic heterocycles. The van der Waals surface area contributed by atoms with Crippen LogP contribution in [0.25, 0.3) is 0 Å². The van der Waals surface area contributed by atoms with Crippen molar-refractivity contribution < 1.29 is 9.53 Å². The Kier molecular flexibility index (Phi) is 5.49. The minimum absolute atomic E-state index is 0.290. The number of ether oxygens (including phenoxy) is 1. The standard InChI is InChI=1S/C14H8Br2Cl2O2/c15-10-4-9(6-19)14(11(16)5-10)20-7-8-1-2-12(17)13(18)3-8/h1-6H,7H2. The van der Waals surface area contributed by atoms with E-state index in [1.165, 1.54) is 0 Å². The van der Waals surface area contributed by atoms with Crippen molar-refractivity contribution in [2.24, 2.45) is 0 Å². The highest BCUT2D eigenvalue weighted by atomic mass is 79.9. The first-order valence-electron chi connectivity index (χ1n) is 5.52. The van der Waals surface area contributed by atoms with Gasteiger partial charge in [0.1, 0.15) is 12.4 Å². The number of carbonyl (C=O) groups is 1. The summed E-state index contributed by atoms with van der Waals surface area (Å²) in [6, 6.07) is 8.78. The van der Waals surface area contributed by atoms with Gasteiger partial charge in [0, 0.05) is 4.47 Å². The molecule has 0 unspecified atom stereocenters. The lowest BCUT2D eigenvalue weighted by molar-refractivity contribution is 0.111. The van der Waals surface area contributed by atoms with Crippen molar-refractivity contribution in [1.29, 1.82) is 0 Å². The third-order valence-corrected chi connectivity index (χ3v) is 4.32. The van der Waals surface area contributed by atoms with Gasteiger partial charge in [0.05, 0.1) is 20.1 Å². The van der Waals surface area contributed by atoms with Crippen molar-refractivity contribution in [2.75, 3.05) is 0 Å². The Balaban J connectivity index is 2.22. The molecular weight excluding hydrogens is 431 g/mol. The molecule has 20 heavy (non-hydrogen) atoms. The van der Waals surface area contributed by atoms with Gasteiger partial charge in [-0.2, -0.15) is 0 Å². The summed E-state index contributed by atoms with van der Waals surface area (Å²) in [5, 5.41) is 0.965. The molecule has 0 amide bonds. The van der Waals surface area contributed by atoms with Crippen LogP contribution in [0.2, 0.25) is 10.0 Å². The van der Waals surface area contributed by atoms with E-state index in [9.17, 15) is 4.79 Å². The molecule has 0 radical (unpaired) electrons. The summed E-state index contributed by atoms with van der Waals surface area (Å²) in [6.07, 6.45) is 0.750. The van der Waals surface area contributed by atoms with Gasteiger partial charge in [0.25, 0.3) is 0 Å². The lowest BCUT2D eigenvalue weighted by Gasteiger charge is -2.11. The van der Waals surface area contributed by atoms with Crippen LogP contribution in [-0.4, -0.2) is 6.29 Å². The molecule has 0 aromatic heterocycles. The van der Waals surface area contributed by atoms with Crippen molar-refractivity contribution in [2.45, 2.75) is 6.61 Å². The number of halogens is 4. The quantitative estimate of drug-likeness (QED) is 0.555. The molecule has 0 spiro atoms. The maximum absolute atomic E-state index is 11.1. The summed E-state index contributed by atoms with van der Waals surface area (Å²) in [5.74, 6) is 0.495. The van der Waals surface area contributed by atoms with Crippen LogP contribution in [0.15, 0.2) is 39.3 Å². The number of rotatable bonds is 4. The predicted molar refractivity (Wildman–Crippen MR) is 88.0 cm³/mol. The summed E-state index contributed by atoms with van der Waals surface area (Å²) >= 11 is 18.5. The van der Waals surface area contributed by atoms with E-state index in [1.807, 2.05) is 12.1 Å². The Hall–Kier alpha value is -0.550. The first-order chi connectivity index (χ1) is 9.51. The molecule has 2 aromatic carbocycles. The lowest BCUT2D eigenvalue weighted by atomic mass is 10.2. The Bertz CT molecular complexity index is 660. The number of hydrogen-bond acceptors (Lipinski definition) is 2. The van der Waals surface area contributed by atoms with Crippen LogP contribution < -0.4 is 4.74 Å². The molecular formula is C14H8Br2Cl2O2. The molecule has 0 saturated heterocycles.